The summed E-state index contributed by atoms with van der Waals surface area (Å²) in [5.74, 6) is -0.328. The highest BCUT2D eigenvalue weighted by atomic mass is 35.5. The van der Waals surface area contributed by atoms with Gasteiger partial charge in [0.05, 0.1) is 5.25 Å². The van der Waals surface area contributed by atoms with Gasteiger partial charge in [-0.15, -0.1) is 0 Å². The van der Waals surface area contributed by atoms with Crippen molar-refractivity contribution in [2.75, 3.05) is 0 Å². The zero-order chi connectivity index (χ0) is 18.1. The van der Waals surface area contributed by atoms with Crippen molar-refractivity contribution in [3.63, 3.8) is 0 Å². The summed E-state index contributed by atoms with van der Waals surface area (Å²) < 4.78 is 0. The van der Waals surface area contributed by atoms with E-state index in [4.69, 9.17) is 23.2 Å². The molecule has 2 N–H and O–H groups in total. The Morgan fingerprint density at radius 1 is 1.12 bits per heavy atom. The number of hydrogen-bond donors (Lipinski definition) is 2. The second-order valence-electron chi connectivity index (χ2n) is 5.53. The number of amides is 2. The van der Waals surface area contributed by atoms with E-state index >= 15 is 0 Å². The summed E-state index contributed by atoms with van der Waals surface area (Å²) in [5, 5.41) is 11.6. The Bertz CT molecular complexity index is 857. The van der Waals surface area contributed by atoms with Crippen LogP contribution in [0.4, 0.5) is 4.79 Å². The number of nitrogens with one attached hydrogen (secondary N) is 1. The maximum absolute atomic E-state index is 11.7. The Morgan fingerprint density at radius 2 is 1.72 bits per heavy atom. The number of halogens is 2. The number of carbonyl (C=O) groups is 2. The van der Waals surface area contributed by atoms with Crippen LogP contribution < -0.4 is 5.32 Å². The first kappa shape index (κ1) is 17.9. The quantitative estimate of drug-likeness (QED) is 0.710. The van der Waals surface area contributed by atoms with Gasteiger partial charge in [-0.2, -0.15) is 0 Å². The minimum atomic E-state index is -0.525. The summed E-state index contributed by atoms with van der Waals surface area (Å²) in [6.07, 6.45) is 0.281. The van der Waals surface area contributed by atoms with Gasteiger partial charge in [-0.3, -0.25) is 14.9 Å². The van der Waals surface area contributed by atoms with Crippen molar-refractivity contribution >= 4 is 51.9 Å². The molecule has 0 spiro atoms. The smallest absolute Gasteiger partial charge is 0.286 e. The summed E-state index contributed by atoms with van der Waals surface area (Å²) in [6, 6.07) is 10.7. The normalized spacial score (nSPS) is 16.8. The number of hydrogen-bond acceptors (Lipinski definition) is 4. The maximum Gasteiger partial charge on any atom is 0.286 e. The summed E-state index contributed by atoms with van der Waals surface area (Å²) in [6.45, 7) is 3.48. The lowest BCUT2D eigenvalue weighted by atomic mass is 10.00. The number of rotatable bonds is 4. The van der Waals surface area contributed by atoms with Crippen molar-refractivity contribution in [2.45, 2.75) is 11.7 Å². The third-order valence-electron chi connectivity index (χ3n) is 3.85. The Labute approximate surface area is 158 Å². The molecule has 2 amide bonds. The average molecular weight is 394 g/mol. The Balaban J connectivity index is 1.88. The van der Waals surface area contributed by atoms with Crippen LogP contribution >= 0.6 is 35.0 Å². The fraction of sp³-hybridized carbons (Fsp3) is 0.111. The van der Waals surface area contributed by atoms with E-state index in [1.807, 2.05) is 12.1 Å². The van der Waals surface area contributed by atoms with Gasteiger partial charge in [0.1, 0.15) is 5.76 Å². The Kier molecular flexibility index (Phi) is 5.08. The second kappa shape index (κ2) is 7.12. The third-order valence-corrected chi connectivity index (χ3v) is 5.50. The van der Waals surface area contributed by atoms with E-state index in [1.54, 1.807) is 24.3 Å². The SMILES string of the molecule is C=C(O)c1ccc(-c2cc(Cl)c(CC3SC(=O)NC3=O)c(Cl)c2)cc1. The molecule has 25 heavy (non-hydrogen) atoms. The van der Waals surface area contributed by atoms with Gasteiger partial charge in [0.25, 0.3) is 5.24 Å². The molecule has 7 heteroatoms. The molecule has 3 rings (SSSR count). The molecule has 1 aliphatic rings. The standard InChI is InChI=1S/C18H13Cl2NO3S/c1-9(22)10-2-4-11(5-3-10)12-6-14(19)13(15(20)7-12)8-16-17(23)21-18(24)25-16/h2-7,16,22H,1,8H2,(H,21,23,24). The van der Waals surface area contributed by atoms with Gasteiger partial charge >= 0.3 is 0 Å². The first-order valence-electron chi connectivity index (χ1n) is 7.33. The zero-order valence-corrected chi connectivity index (χ0v) is 15.2. The van der Waals surface area contributed by atoms with Crippen molar-refractivity contribution in [1.29, 1.82) is 0 Å². The zero-order valence-electron chi connectivity index (χ0n) is 12.9. The predicted octanol–water partition coefficient (Wildman–Crippen LogP) is 5.08. The van der Waals surface area contributed by atoms with Crippen LogP contribution in [-0.4, -0.2) is 21.5 Å². The Hall–Kier alpha value is -1.95. The van der Waals surface area contributed by atoms with E-state index in [0.29, 0.717) is 21.2 Å². The van der Waals surface area contributed by atoms with E-state index in [0.717, 1.165) is 22.9 Å². The van der Waals surface area contributed by atoms with Crippen molar-refractivity contribution in [1.82, 2.24) is 5.32 Å². The molecule has 1 heterocycles. The van der Waals surface area contributed by atoms with Gasteiger partial charge in [0.15, 0.2) is 0 Å². The summed E-state index contributed by atoms with van der Waals surface area (Å²) >= 11 is 13.7. The molecule has 128 valence electrons. The molecule has 0 aromatic heterocycles. The molecule has 0 saturated carbocycles. The van der Waals surface area contributed by atoms with Gasteiger partial charge < -0.3 is 5.11 Å². The van der Waals surface area contributed by atoms with Gasteiger partial charge in [0.2, 0.25) is 5.91 Å². The highest BCUT2D eigenvalue weighted by molar-refractivity contribution is 8.15. The van der Waals surface area contributed by atoms with Gasteiger partial charge in [0, 0.05) is 15.6 Å². The molecular weight excluding hydrogens is 381 g/mol. The number of aliphatic hydroxyl groups is 1. The number of imide groups is 1. The molecule has 2 aromatic carbocycles. The lowest BCUT2D eigenvalue weighted by Crippen LogP contribution is -2.25. The van der Waals surface area contributed by atoms with Crippen LogP contribution in [0.3, 0.4) is 0 Å². The van der Waals surface area contributed by atoms with Crippen LogP contribution in [0.15, 0.2) is 43.0 Å². The summed E-state index contributed by atoms with van der Waals surface area (Å²) in [5.41, 5.74) is 2.96. The maximum atomic E-state index is 11.7. The van der Waals surface area contributed by atoms with Crippen LogP contribution in [0.25, 0.3) is 16.9 Å². The number of benzene rings is 2. The van der Waals surface area contributed by atoms with Gasteiger partial charge in [-0.05, 0) is 35.2 Å². The van der Waals surface area contributed by atoms with Crippen LogP contribution in [0, 0.1) is 0 Å². The van der Waals surface area contributed by atoms with Crippen molar-refractivity contribution in [3.05, 3.63) is 64.1 Å². The number of carbonyl (C=O) groups excluding carboxylic acids is 2. The molecule has 1 unspecified atom stereocenters. The first-order chi connectivity index (χ1) is 11.8. The molecular formula is C18H13Cl2NO3S. The fourth-order valence-corrected chi connectivity index (χ4v) is 4.01. The topological polar surface area (TPSA) is 66.4 Å². The van der Waals surface area contributed by atoms with Crippen LogP contribution in [0.5, 0.6) is 0 Å². The van der Waals surface area contributed by atoms with Crippen LogP contribution in [0.1, 0.15) is 11.1 Å². The minimum absolute atomic E-state index is 0.000139. The molecule has 1 fully saturated rings. The molecule has 4 nitrogen and oxygen atoms in total. The van der Waals surface area contributed by atoms with Gasteiger partial charge in [-0.25, -0.2) is 0 Å². The molecule has 1 saturated heterocycles. The number of aliphatic hydroxyl groups excluding tert-OH is 1. The molecule has 0 radical (unpaired) electrons. The van der Waals surface area contributed by atoms with Gasteiger partial charge in [-0.1, -0.05) is 65.8 Å². The van der Waals surface area contributed by atoms with Crippen molar-refractivity contribution < 1.29 is 14.7 Å². The second-order valence-corrected chi connectivity index (χ2v) is 7.52. The minimum Gasteiger partial charge on any atom is -0.508 e. The van der Waals surface area contributed by atoms with Crippen molar-refractivity contribution in [3.8, 4) is 11.1 Å². The lowest BCUT2D eigenvalue weighted by molar-refractivity contribution is -0.118. The molecule has 0 aliphatic carbocycles. The highest BCUT2D eigenvalue weighted by Crippen LogP contribution is 2.35. The first-order valence-corrected chi connectivity index (χ1v) is 8.97. The monoisotopic (exact) mass is 393 g/mol. The fourth-order valence-electron chi connectivity index (χ4n) is 2.53. The highest BCUT2D eigenvalue weighted by Gasteiger charge is 2.32. The lowest BCUT2D eigenvalue weighted by Gasteiger charge is -2.12. The van der Waals surface area contributed by atoms with Crippen molar-refractivity contribution in [2.24, 2.45) is 0 Å². The molecule has 1 atom stereocenters. The predicted molar refractivity (Wildman–Crippen MR) is 102 cm³/mol. The largest absolute Gasteiger partial charge is 0.508 e. The molecule has 2 aromatic rings. The van der Waals surface area contributed by atoms with E-state index in [9.17, 15) is 14.7 Å². The Morgan fingerprint density at radius 3 is 2.20 bits per heavy atom. The molecule has 1 aliphatic heterocycles. The van der Waals surface area contributed by atoms with Crippen LogP contribution in [0.2, 0.25) is 10.0 Å². The third kappa shape index (κ3) is 3.84. The average Bonchev–Trinajstić information content (AvgIpc) is 2.88. The van der Waals surface area contributed by atoms with Crippen LogP contribution in [-0.2, 0) is 11.2 Å². The summed E-state index contributed by atoms with van der Waals surface area (Å²) in [7, 11) is 0. The van der Waals surface area contributed by atoms with E-state index in [2.05, 4.69) is 11.9 Å². The van der Waals surface area contributed by atoms with E-state index < -0.39 is 5.25 Å². The van der Waals surface area contributed by atoms with E-state index in [-0.39, 0.29) is 23.3 Å². The van der Waals surface area contributed by atoms with E-state index in [1.165, 1.54) is 0 Å². The number of thioether (sulfide) groups is 1. The molecule has 0 bridgehead atoms. The summed E-state index contributed by atoms with van der Waals surface area (Å²) in [4.78, 5) is 23.0.